The molecule has 6 nitrogen and oxygen atoms in total. The van der Waals surface area contributed by atoms with Crippen LogP contribution in [-0.2, 0) is 28.6 Å². The molecule has 0 aliphatic heterocycles. The number of hydrogen-bond acceptors (Lipinski definition) is 6. The minimum absolute atomic E-state index is 0.0635. The van der Waals surface area contributed by atoms with E-state index in [1.165, 1.54) is 180 Å². The first-order valence-electron chi connectivity index (χ1n) is 26.2. The average molecular weight is 835 g/mol. The number of hydrogen-bond donors (Lipinski definition) is 0. The molecular weight excluding hydrogens is 733 g/mol. The van der Waals surface area contributed by atoms with Gasteiger partial charge in [-0.3, -0.25) is 14.4 Å². The zero-order valence-corrected chi connectivity index (χ0v) is 40.4. The second kappa shape index (κ2) is 45.9. The van der Waals surface area contributed by atoms with Crippen LogP contribution in [0.15, 0.2) is 0 Å². The van der Waals surface area contributed by atoms with Gasteiger partial charge in [-0.2, -0.15) is 0 Å². The summed E-state index contributed by atoms with van der Waals surface area (Å²) < 4.78 is 16.8. The van der Waals surface area contributed by atoms with Gasteiger partial charge in [0, 0.05) is 19.3 Å². The molecule has 0 aliphatic carbocycles. The molecule has 1 atom stereocenters. The Labute approximate surface area is 368 Å². The third-order valence-corrected chi connectivity index (χ3v) is 12.0. The van der Waals surface area contributed by atoms with E-state index < -0.39 is 6.10 Å². The molecule has 0 aliphatic rings. The van der Waals surface area contributed by atoms with Crippen LogP contribution in [0.1, 0.15) is 291 Å². The Morgan fingerprint density at radius 3 is 0.831 bits per heavy atom. The fourth-order valence-electron chi connectivity index (χ4n) is 7.99. The Kier molecular flexibility index (Phi) is 44.7. The molecule has 0 fully saturated rings. The van der Waals surface area contributed by atoms with E-state index in [9.17, 15) is 14.4 Å². The molecule has 0 amide bonds. The number of unbranched alkanes of at least 4 members (excludes halogenated alkanes) is 32. The second-order valence-electron chi connectivity index (χ2n) is 19.1. The fourth-order valence-corrected chi connectivity index (χ4v) is 7.99. The van der Waals surface area contributed by atoms with Crippen molar-refractivity contribution < 1.29 is 28.6 Å². The zero-order chi connectivity index (χ0) is 43.3. The van der Waals surface area contributed by atoms with Crippen molar-refractivity contribution in [1.29, 1.82) is 0 Å². The van der Waals surface area contributed by atoms with Crippen molar-refractivity contribution in [3.05, 3.63) is 0 Å². The van der Waals surface area contributed by atoms with Crippen molar-refractivity contribution in [3.8, 4) is 0 Å². The van der Waals surface area contributed by atoms with E-state index in [-0.39, 0.29) is 31.1 Å². The van der Waals surface area contributed by atoms with Crippen molar-refractivity contribution in [2.24, 2.45) is 11.8 Å². The summed E-state index contributed by atoms with van der Waals surface area (Å²) in [6, 6.07) is 0. The summed E-state index contributed by atoms with van der Waals surface area (Å²) in [5.41, 5.74) is 0. The Balaban J connectivity index is 4.29. The maximum absolute atomic E-state index is 12.8. The Hall–Kier alpha value is -1.59. The molecule has 0 rings (SSSR count). The minimum Gasteiger partial charge on any atom is -0.462 e. The molecule has 0 heterocycles. The first-order chi connectivity index (χ1) is 28.7. The van der Waals surface area contributed by atoms with Gasteiger partial charge in [0.25, 0.3) is 0 Å². The highest BCUT2D eigenvalue weighted by Crippen LogP contribution is 2.17. The van der Waals surface area contributed by atoms with Crippen LogP contribution in [0.4, 0.5) is 0 Å². The van der Waals surface area contributed by atoms with E-state index >= 15 is 0 Å². The van der Waals surface area contributed by atoms with Crippen LogP contribution in [0.5, 0.6) is 0 Å². The number of esters is 3. The molecule has 59 heavy (non-hydrogen) atoms. The van der Waals surface area contributed by atoms with Gasteiger partial charge < -0.3 is 14.2 Å². The lowest BCUT2D eigenvalue weighted by Gasteiger charge is -2.18. The third-order valence-electron chi connectivity index (χ3n) is 12.0. The van der Waals surface area contributed by atoms with Crippen molar-refractivity contribution in [2.45, 2.75) is 298 Å². The first-order valence-corrected chi connectivity index (χ1v) is 26.2. The van der Waals surface area contributed by atoms with E-state index in [1.54, 1.807) is 0 Å². The van der Waals surface area contributed by atoms with Crippen molar-refractivity contribution >= 4 is 17.9 Å². The normalized spacial score (nSPS) is 12.1. The van der Waals surface area contributed by atoms with E-state index in [0.29, 0.717) is 19.3 Å². The predicted molar refractivity (Wildman–Crippen MR) is 252 cm³/mol. The molecule has 6 heteroatoms. The Bertz CT molecular complexity index is 900. The second-order valence-corrected chi connectivity index (χ2v) is 19.1. The van der Waals surface area contributed by atoms with Gasteiger partial charge in [-0.05, 0) is 31.1 Å². The molecule has 0 unspecified atom stereocenters. The van der Waals surface area contributed by atoms with Crippen LogP contribution < -0.4 is 0 Å². The van der Waals surface area contributed by atoms with Gasteiger partial charge in [-0.1, -0.05) is 253 Å². The van der Waals surface area contributed by atoms with Gasteiger partial charge in [0.2, 0.25) is 0 Å². The molecule has 0 bridgehead atoms. The van der Waals surface area contributed by atoms with Gasteiger partial charge in [0.05, 0.1) is 0 Å². The summed E-state index contributed by atoms with van der Waals surface area (Å²) >= 11 is 0. The quantitative estimate of drug-likeness (QED) is 0.0345. The van der Waals surface area contributed by atoms with E-state index in [4.69, 9.17) is 14.2 Å². The molecule has 350 valence electrons. The standard InChI is InChI=1S/C53H102O6/c1-6-7-8-9-10-11-23-28-33-38-43-51(54)57-46-50(47-58-52(55)44-39-34-29-24-19-16-15-18-22-27-32-37-42-49(4)5)59-53(56)45-40-35-30-25-20-14-12-13-17-21-26-31-36-41-48(2)3/h48-50H,6-47H2,1-5H3/t50-/m1/s1. The molecule has 0 aromatic heterocycles. The molecule has 0 saturated carbocycles. The number of carbonyl (C=O) groups is 3. The predicted octanol–water partition coefficient (Wildman–Crippen LogP) is 16.9. The van der Waals surface area contributed by atoms with Crippen LogP contribution in [0, 0.1) is 11.8 Å². The monoisotopic (exact) mass is 835 g/mol. The summed E-state index contributed by atoms with van der Waals surface area (Å²) in [6.07, 6.45) is 46.6. The molecule has 0 aromatic rings. The molecule has 0 radical (unpaired) electrons. The average Bonchev–Trinajstić information content (AvgIpc) is 3.20. The van der Waals surface area contributed by atoms with Crippen LogP contribution in [-0.4, -0.2) is 37.2 Å². The van der Waals surface area contributed by atoms with Crippen LogP contribution in [0.3, 0.4) is 0 Å². The van der Waals surface area contributed by atoms with Gasteiger partial charge >= 0.3 is 17.9 Å². The SMILES string of the molecule is CCCCCCCCCCCCC(=O)OC[C@H](COC(=O)CCCCCCCCCCCCCCC(C)C)OC(=O)CCCCCCCCCCCCCCCC(C)C. The summed E-state index contributed by atoms with van der Waals surface area (Å²) in [6.45, 7) is 11.4. The maximum Gasteiger partial charge on any atom is 0.306 e. The van der Waals surface area contributed by atoms with Gasteiger partial charge in [0.15, 0.2) is 6.10 Å². The maximum atomic E-state index is 12.8. The highest BCUT2D eigenvalue weighted by atomic mass is 16.6. The van der Waals surface area contributed by atoms with Gasteiger partial charge in [0.1, 0.15) is 13.2 Å². The van der Waals surface area contributed by atoms with Crippen molar-refractivity contribution in [3.63, 3.8) is 0 Å². The number of carbonyl (C=O) groups excluding carboxylic acids is 3. The summed E-state index contributed by atoms with van der Waals surface area (Å²) in [5.74, 6) is 0.824. The summed E-state index contributed by atoms with van der Waals surface area (Å²) in [7, 11) is 0. The highest BCUT2D eigenvalue weighted by Gasteiger charge is 2.19. The molecule has 0 aromatic carbocycles. The topological polar surface area (TPSA) is 78.9 Å². The van der Waals surface area contributed by atoms with Crippen LogP contribution in [0.2, 0.25) is 0 Å². The van der Waals surface area contributed by atoms with E-state index in [0.717, 1.165) is 69.6 Å². The van der Waals surface area contributed by atoms with E-state index in [1.807, 2.05) is 0 Å². The molecule has 0 saturated heterocycles. The molecule has 0 spiro atoms. The lowest BCUT2D eigenvalue weighted by atomic mass is 10.0. The lowest BCUT2D eigenvalue weighted by molar-refractivity contribution is -0.167. The summed E-state index contributed by atoms with van der Waals surface area (Å²) in [5, 5.41) is 0. The fraction of sp³-hybridized carbons (Fsp3) is 0.943. The highest BCUT2D eigenvalue weighted by molar-refractivity contribution is 5.71. The molecular formula is C53H102O6. The van der Waals surface area contributed by atoms with Gasteiger partial charge in [-0.15, -0.1) is 0 Å². The Morgan fingerprint density at radius 1 is 0.322 bits per heavy atom. The van der Waals surface area contributed by atoms with E-state index in [2.05, 4.69) is 34.6 Å². The lowest BCUT2D eigenvalue weighted by Crippen LogP contribution is -2.30. The number of rotatable bonds is 47. The first kappa shape index (κ1) is 57.4. The third kappa shape index (κ3) is 47.3. The Morgan fingerprint density at radius 2 is 0.559 bits per heavy atom. The molecule has 0 N–H and O–H groups in total. The van der Waals surface area contributed by atoms with Gasteiger partial charge in [-0.25, -0.2) is 0 Å². The zero-order valence-electron chi connectivity index (χ0n) is 40.4. The number of ether oxygens (including phenoxy) is 3. The summed E-state index contributed by atoms with van der Waals surface area (Å²) in [4.78, 5) is 37.9. The largest absolute Gasteiger partial charge is 0.462 e. The minimum atomic E-state index is -0.761. The van der Waals surface area contributed by atoms with Crippen LogP contribution in [0.25, 0.3) is 0 Å². The van der Waals surface area contributed by atoms with Crippen LogP contribution >= 0.6 is 0 Å². The smallest absolute Gasteiger partial charge is 0.306 e. The van der Waals surface area contributed by atoms with Crippen molar-refractivity contribution in [1.82, 2.24) is 0 Å². The van der Waals surface area contributed by atoms with Crippen molar-refractivity contribution in [2.75, 3.05) is 13.2 Å².